The number of primary amides is 1. The number of benzene rings is 1. The van der Waals surface area contributed by atoms with Gasteiger partial charge in [0.25, 0.3) is 0 Å². The highest BCUT2D eigenvalue weighted by atomic mass is 16.5. The quantitative estimate of drug-likeness (QED) is 0.501. The molecule has 2 fully saturated rings. The molecule has 0 saturated carbocycles. The van der Waals surface area contributed by atoms with Crippen LogP contribution in [0.4, 0.5) is 16.2 Å². The van der Waals surface area contributed by atoms with Gasteiger partial charge in [-0.15, -0.1) is 0 Å². The van der Waals surface area contributed by atoms with E-state index in [0.29, 0.717) is 44.8 Å². The Balaban J connectivity index is 1.49. The first-order valence-corrected chi connectivity index (χ1v) is 11.6. The summed E-state index contributed by atoms with van der Waals surface area (Å²) in [6, 6.07) is 4.00. The predicted molar refractivity (Wildman–Crippen MR) is 126 cm³/mol. The number of fused-ring (bicyclic) bond motifs is 1. The summed E-state index contributed by atoms with van der Waals surface area (Å²) >= 11 is 0. The number of amides is 1. The third-order valence-electron chi connectivity index (χ3n) is 6.88. The Bertz CT molecular complexity index is 895. The van der Waals surface area contributed by atoms with Crippen LogP contribution in [0.2, 0.25) is 0 Å². The number of methoxy groups -OCH3 is 1. The molecule has 4 rings (SSSR count). The molecule has 33 heavy (non-hydrogen) atoms. The Morgan fingerprint density at radius 3 is 2.82 bits per heavy atom. The van der Waals surface area contributed by atoms with Crippen molar-refractivity contribution in [1.29, 1.82) is 0 Å². The molecule has 0 spiro atoms. The van der Waals surface area contributed by atoms with Crippen LogP contribution >= 0.6 is 0 Å². The summed E-state index contributed by atoms with van der Waals surface area (Å²) in [5, 5.41) is 24.3. The lowest BCUT2D eigenvalue weighted by Crippen LogP contribution is -2.46. The first kappa shape index (κ1) is 23.6. The minimum absolute atomic E-state index is 0.219. The number of anilines is 2. The topological polar surface area (TPSA) is 133 Å². The molecule has 2 unspecified atom stereocenters. The summed E-state index contributed by atoms with van der Waals surface area (Å²) in [6.07, 6.45) is 2.03. The maximum Gasteiger partial charge on any atom is 0.404 e. The minimum atomic E-state index is -0.960. The average molecular weight is 462 g/mol. The Hall–Kier alpha value is -2.56. The van der Waals surface area contributed by atoms with E-state index >= 15 is 0 Å². The number of ether oxygens (including phenoxy) is 2. The average Bonchev–Trinajstić information content (AvgIpc) is 3.20. The molecular weight excluding hydrogens is 426 g/mol. The number of amidine groups is 1. The highest BCUT2D eigenvalue weighted by Gasteiger charge is 2.32. The van der Waals surface area contributed by atoms with Crippen molar-refractivity contribution < 1.29 is 24.5 Å². The molecule has 0 aliphatic carbocycles. The first-order chi connectivity index (χ1) is 15.8. The molecule has 3 aliphatic heterocycles. The lowest BCUT2D eigenvalue weighted by molar-refractivity contribution is -0.0619. The van der Waals surface area contributed by atoms with E-state index in [9.17, 15) is 15.0 Å². The van der Waals surface area contributed by atoms with Crippen molar-refractivity contribution in [3.8, 4) is 5.75 Å². The van der Waals surface area contributed by atoms with Crippen molar-refractivity contribution in [2.24, 2.45) is 16.6 Å². The molecule has 10 nitrogen and oxygen atoms in total. The predicted octanol–water partition coefficient (Wildman–Crippen LogP) is 1.50. The van der Waals surface area contributed by atoms with E-state index in [1.54, 1.807) is 7.11 Å². The Kier molecular flexibility index (Phi) is 6.96. The van der Waals surface area contributed by atoms with E-state index in [1.165, 1.54) is 0 Å². The zero-order valence-corrected chi connectivity index (χ0v) is 19.4. The number of hydrogen-bond donors (Lipinski definition) is 4. The number of nitrogens with zero attached hydrogens (tertiary/aromatic N) is 3. The number of aliphatic imine (C=N–C) groups is 1. The highest BCUT2D eigenvalue weighted by molar-refractivity contribution is 6.07. The van der Waals surface area contributed by atoms with Gasteiger partial charge in [-0.3, -0.25) is 4.90 Å². The lowest BCUT2D eigenvalue weighted by Gasteiger charge is -2.36. The number of aliphatic hydroxyl groups is 2. The first-order valence-electron chi connectivity index (χ1n) is 11.6. The van der Waals surface area contributed by atoms with Gasteiger partial charge in [0.1, 0.15) is 11.6 Å². The Morgan fingerprint density at radius 2 is 2.12 bits per heavy atom. The second-order valence-electron chi connectivity index (χ2n) is 9.48. The summed E-state index contributed by atoms with van der Waals surface area (Å²) in [5.74, 6) is 1.68. The normalized spacial score (nSPS) is 24.8. The third kappa shape index (κ3) is 5.51. The van der Waals surface area contributed by atoms with Crippen molar-refractivity contribution in [1.82, 2.24) is 4.90 Å². The van der Waals surface area contributed by atoms with Crippen LogP contribution in [0, 0.1) is 5.92 Å². The van der Waals surface area contributed by atoms with Gasteiger partial charge in [0.05, 0.1) is 30.7 Å². The number of piperidine rings is 2. The number of nitrogens with two attached hydrogens (primary N) is 1. The Morgan fingerprint density at radius 1 is 1.36 bits per heavy atom. The van der Waals surface area contributed by atoms with E-state index in [-0.39, 0.29) is 5.92 Å². The summed E-state index contributed by atoms with van der Waals surface area (Å²) in [6.45, 7) is 4.99. The molecule has 0 radical (unpaired) electrons. The second-order valence-corrected chi connectivity index (χ2v) is 9.48. The highest BCUT2D eigenvalue weighted by Crippen LogP contribution is 2.41. The molecule has 2 saturated heterocycles. The van der Waals surface area contributed by atoms with Crippen LogP contribution in [0.1, 0.15) is 38.2 Å². The molecular formula is C23H35N5O5. The fraction of sp³-hybridized carbons (Fsp3) is 0.652. The maximum atomic E-state index is 11.0. The van der Waals surface area contributed by atoms with Gasteiger partial charge in [-0.1, -0.05) is 0 Å². The van der Waals surface area contributed by atoms with Gasteiger partial charge in [0.15, 0.2) is 0 Å². The van der Waals surface area contributed by atoms with E-state index in [0.717, 1.165) is 48.6 Å². The van der Waals surface area contributed by atoms with Gasteiger partial charge in [0, 0.05) is 44.1 Å². The zero-order chi connectivity index (χ0) is 23.6. The molecule has 2 atom stereocenters. The molecule has 0 bridgehead atoms. The summed E-state index contributed by atoms with van der Waals surface area (Å²) in [5.41, 5.74) is 7.46. The molecule has 3 aliphatic rings. The molecule has 5 N–H and O–H groups in total. The minimum Gasteiger partial charge on any atom is -0.496 e. The molecule has 10 heteroatoms. The number of carbonyl (C=O) groups excluding carboxylic acids is 1. The van der Waals surface area contributed by atoms with Crippen molar-refractivity contribution in [2.75, 3.05) is 50.1 Å². The summed E-state index contributed by atoms with van der Waals surface area (Å²) in [7, 11) is 1.65. The fourth-order valence-corrected chi connectivity index (χ4v) is 4.90. The van der Waals surface area contributed by atoms with Crippen LogP contribution in [0.3, 0.4) is 0 Å². The molecule has 3 heterocycles. The smallest absolute Gasteiger partial charge is 0.404 e. The molecule has 0 aromatic heterocycles. The number of aliphatic hydroxyl groups excluding tert-OH is 1. The van der Waals surface area contributed by atoms with E-state index in [4.69, 9.17) is 15.2 Å². The second kappa shape index (κ2) is 9.74. The number of likely N-dealkylation sites (tertiary alicyclic amines) is 1. The standard InChI is InChI=1S/C23H35N5O5/c1-23(31)7-10-27(11-8-23)22(30)26-19-12-16-18(32-2)6-5-17(20(16)25-19)28-9-3-4-15(13-28)14-33-21(24)29/h5-6,15,22,30-31H,3-4,7-14H2,1-2H3,(H2,24,29)(H,25,26). The monoisotopic (exact) mass is 461 g/mol. The molecule has 182 valence electrons. The molecule has 1 amide bonds. The van der Waals surface area contributed by atoms with Crippen molar-refractivity contribution in [3.63, 3.8) is 0 Å². The molecule has 1 aromatic rings. The van der Waals surface area contributed by atoms with Crippen molar-refractivity contribution in [3.05, 3.63) is 17.7 Å². The molecule has 1 aromatic carbocycles. The van der Waals surface area contributed by atoms with Crippen LogP contribution in [-0.2, 0) is 11.2 Å². The van der Waals surface area contributed by atoms with Crippen LogP contribution in [0.15, 0.2) is 17.1 Å². The van der Waals surface area contributed by atoms with Gasteiger partial charge in [-0.25, -0.2) is 9.79 Å². The van der Waals surface area contributed by atoms with Gasteiger partial charge in [-0.2, -0.15) is 0 Å². The SMILES string of the molecule is COc1ccc(N2CCCC(COC(N)=O)C2)c2c1CC(=NC(O)N1CCC(C)(O)CC1)N2. The maximum absolute atomic E-state index is 11.0. The number of carbonyl (C=O) groups is 1. The van der Waals surface area contributed by atoms with E-state index in [1.807, 2.05) is 24.0 Å². The third-order valence-corrected chi connectivity index (χ3v) is 6.88. The van der Waals surface area contributed by atoms with Gasteiger partial charge >= 0.3 is 6.09 Å². The van der Waals surface area contributed by atoms with Crippen LogP contribution in [0.5, 0.6) is 5.75 Å². The van der Waals surface area contributed by atoms with E-state index in [2.05, 4.69) is 15.2 Å². The number of hydrogen-bond acceptors (Lipinski definition) is 8. The van der Waals surface area contributed by atoms with Crippen LogP contribution in [0.25, 0.3) is 0 Å². The van der Waals surface area contributed by atoms with Gasteiger partial charge in [0.2, 0.25) is 6.35 Å². The summed E-state index contributed by atoms with van der Waals surface area (Å²) < 4.78 is 10.6. The summed E-state index contributed by atoms with van der Waals surface area (Å²) in [4.78, 5) is 19.7. The largest absolute Gasteiger partial charge is 0.496 e. The van der Waals surface area contributed by atoms with Crippen molar-refractivity contribution >= 4 is 23.3 Å². The zero-order valence-electron chi connectivity index (χ0n) is 19.4. The van der Waals surface area contributed by atoms with Crippen LogP contribution in [-0.4, -0.2) is 78.9 Å². The van der Waals surface area contributed by atoms with E-state index < -0.39 is 18.0 Å². The fourth-order valence-electron chi connectivity index (χ4n) is 4.90. The van der Waals surface area contributed by atoms with Gasteiger partial charge < -0.3 is 35.6 Å². The lowest BCUT2D eigenvalue weighted by atomic mass is 9.94. The Labute approximate surface area is 194 Å². The van der Waals surface area contributed by atoms with Crippen molar-refractivity contribution in [2.45, 2.75) is 51.0 Å². The van der Waals surface area contributed by atoms with Crippen LogP contribution < -0.4 is 20.7 Å². The number of nitrogens with one attached hydrogen (secondary N) is 1. The number of rotatable bonds is 6. The van der Waals surface area contributed by atoms with Gasteiger partial charge in [-0.05, 0) is 44.7 Å².